The molecule has 0 heterocycles. The van der Waals surface area contributed by atoms with Crippen LogP contribution in [0, 0.1) is 0 Å². The van der Waals surface area contributed by atoms with Crippen LogP contribution in [0.3, 0.4) is 0 Å². The molecule has 0 saturated heterocycles. The van der Waals surface area contributed by atoms with Gasteiger partial charge < -0.3 is 4.74 Å². The van der Waals surface area contributed by atoms with Gasteiger partial charge in [0.25, 0.3) is 0 Å². The van der Waals surface area contributed by atoms with E-state index in [1.54, 1.807) is 6.92 Å². The fourth-order valence-electron chi connectivity index (χ4n) is 0.846. The summed E-state index contributed by atoms with van der Waals surface area (Å²) in [6, 6.07) is 9.55. The lowest BCUT2D eigenvalue weighted by atomic mass is 10.2. The lowest BCUT2D eigenvalue weighted by Gasteiger charge is -2.03. The molecule has 0 unspecified atom stereocenters. The van der Waals surface area contributed by atoms with Gasteiger partial charge in [-0.15, -0.1) is 0 Å². The molecule has 0 spiro atoms. The molecular formula is C11H12O2. The molecule has 2 nitrogen and oxygen atoms in total. The number of hydrogen-bond donors (Lipinski definition) is 0. The van der Waals surface area contributed by atoms with E-state index in [0.717, 1.165) is 5.56 Å². The van der Waals surface area contributed by atoms with Crippen molar-refractivity contribution in [2.45, 2.75) is 13.5 Å². The number of carbonyl (C=O) groups excluding carboxylic acids is 1. The Morgan fingerprint density at radius 3 is 2.54 bits per heavy atom. The topological polar surface area (TPSA) is 26.3 Å². The van der Waals surface area contributed by atoms with Crippen LogP contribution in [0.5, 0.6) is 0 Å². The summed E-state index contributed by atoms with van der Waals surface area (Å²) >= 11 is 0. The molecule has 1 aromatic rings. The van der Waals surface area contributed by atoms with Gasteiger partial charge in [0.1, 0.15) is 6.61 Å². The summed E-state index contributed by atoms with van der Waals surface area (Å²) < 4.78 is 4.95. The standard InChI is InChI=1S/C11H12O2/c1-9(2)11(12)13-8-10-6-4-3-5-7-10/h3-7H,1,8H2,2H3/i9+1,11+1. The quantitative estimate of drug-likeness (QED) is 0.403. The molecule has 0 saturated carbocycles. The number of ether oxygens (including phenoxy) is 1. The molecule has 0 radical (unpaired) electrons. The molecule has 1 rings (SSSR count). The van der Waals surface area contributed by atoms with Crippen LogP contribution in [0.4, 0.5) is 0 Å². The van der Waals surface area contributed by atoms with Crippen molar-refractivity contribution in [1.29, 1.82) is 0 Å². The van der Waals surface area contributed by atoms with E-state index in [9.17, 15) is 4.79 Å². The number of rotatable bonds is 3. The van der Waals surface area contributed by atoms with Gasteiger partial charge in [-0.2, -0.15) is 0 Å². The molecule has 0 aliphatic rings. The molecule has 0 fully saturated rings. The first-order valence-corrected chi connectivity index (χ1v) is 4.06. The maximum Gasteiger partial charge on any atom is 0.333 e. The summed E-state index contributed by atoms with van der Waals surface area (Å²) in [5.74, 6) is -0.344. The molecule has 1 aromatic carbocycles. The Labute approximate surface area is 77.8 Å². The Kier molecular flexibility index (Phi) is 3.26. The third kappa shape index (κ3) is 3.11. The first-order chi connectivity index (χ1) is 6.20. The van der Waals surface area contributed by atoms with Gasteiger partial charge in [-0.05, 0) is 12.5 Å². The lowest BCUT2D eigenvalue weighted by Crippen LogP contribution is -2.04. The first kappa shape index (κ1) is 9.52. The van der Waals surface area contributed by atoms with Crippen LogP contribution in [-0.4, -0.2) is 5.97 Å². The second kappa shape index (κ2) is 4.45. The van der Waals surface area contributed by atoms with Gasteiger partial charge in [0.15, 0.2) is 0 Å². The zero-order chi connectivity index (χ0) is 9.68. The van der Waals surface area contributed by atoms with Crippen molar-refractivity contribution >= 4 is 5.97 Å². The fourth-order valence-corrected chi connectivity index (χ4v) is 0.846. The highest BCUT2D eigenvalue weighted by atomic mass is 16.6. The summed E-state index contributed by atoms with van der Waals surface area (Å²) in [5.41, 5.74) is 1.41. The Morgan fingerprint density at radius 2 is 2.00 bits per heavy atom. The van der Waals surface area contributed by atoms with Crippen LogP contribution in [-0.2, 0) is 16.1 Å². The Morgan fingerprint density at radius 1 is 1.38 bits per heavy atom. The van der Waals surface area contributed by atoms with Gasteiger partial charge in [-0.3, -0.25) is 0 Å². The van der Waals surface area contributed by atoms with Crippen LogP contribution in [0.1, 0.15) is 12.5 Å². The first-order valence-electron chi connectivity index (χ1n) is 4.06. The minimum absolute atomic E-state index is 0.312. The lowest BCUT2D eigenvalue weighted by molar-refractivity contribution is -0.140. The summed E-state index contributed by atoms with van der Waals surface area (Å²) in [6.07, 6.45) is 0. The summed E-state index contributed by atoms with van der Waals surface area (Å²) in [7, 11) is 0. The van der Waals surface area contributed by atoms with Gasteiger partial charge in [-0.1, -0.05) is 36.9 Å². The van der Waals surface area contributed by atoms with Crippen LogP contribution < -0.4 is 0 Å². The SMILES string of the molecule is C=[13C](C)[13C](=O)OCc1ccccc1. The molecule has 0 aromatic heterocycles. The second-order valence-electron chi connectivity index (χ2n) is 2.84. The Hall–Kier alpha value is -1.57. The minimum Gasteiger partial charge on any atom is -0.457 e. The third-order valence-electron chi connectivity index (χ3n) is 1.56. The summed E-state index contributed by atoms with van der Waals surface area (Å²) in [4.78, 5) is 11.0. The largest absolute Gasteiger partial charge is 0.457 e. The van der Waals surface area contributed by atoms with Gasteiger partial charge >= 0.3 is 5.97 Å². The highest BCUT2D eigenvalue weighted by Crippen LogP contribution is 2.02. The normalized spacial score (nSPS) is 9.31. The van der Waals surface area contributed by atoms with Crippen molar-refractivity contribution in [2.24, 2.45) is 0 Å². The average molecular weight is 178 g/mol. The molecule has 0 amide bonds. The van der Waals surface area contributed by atoms with Crippen molar-refractivity contribution in [3.8, 4) is 0 Å². The van der Waals surface area contributed by atoms with Gasteiger partial charge in [-0.25, -0.2) is 4.79 Å². The second-order valence-corrected chi connectivity index (χ2v) is 2.84. The molecule has 2 heteroatoms. The van der Waals surface area contributed by atoms with Crippen molar-refractivity contribution in [1.82, 2.24) is 0 Å². The number of esters is 1. The van der Waals surface area contributed by atoms with Crippen LogP contribution in [0.15, 0.2) is 42.5 Å². The van der Waals surface area contributed by atoms with E-state index >= 15 is 0 Å². The van der Waals surface area contributed by atoms with Gasteiger partial charge in [0, 0.05) is 5.57 Å². The highest BCUT2D eigenvalue weighted by Gasteiger charge is 2.02. The predicted octanol–water partition coefficient (Wildman–Crippen LogP) is 2.31. The van der Waals surface area contributed by atoms with Crippen molar-refractivity contribution in [2.75, 3.05) is 0 Å². The van der Waals surface area contributed by atoms with E-state index in [1.165, 1.54) is 0 Å². The van der Waals surface area contributed by atoms with Crippen molar-refractivity contribution in [3.63, 3.8) is 0 Å². The summed E-state index contributed by atoms with van der Waals surface area (Å²) in [6.45, 7) is 5.44. The smallest absolute Gasteiger partial charge is 0.333 e. The minimum atomic E-state index is -0.344. The van der Waals surface area contributed by atoms with E-state index in [1.807, 2.05) is 30.3 Å². The van der Waals surface area contributed by atoms with E-state index in [-0.39, 0.29) is 5.97 Å². The number of benzene rings is 1. The van der Waals surface area contributed by atoms with Crippen LogP contribution in [0.25, 0.3) is 0 Å². The highest BCUT2D eigenvalue weighted by molar-refractivity contribution is 5.86. The van der Waals surface area contributed by atoms with E-state index in [4.69, 9.17) is 4.74 Å². The molecule has 0 N–H and O–H groups in total. The zero-order valence-electron chi connectivity index (χ0n) is 7.62. The van der Waals surface area contributed by atoms with Gasteiger partial charge in [0.05, 0.1) is 0 Å². The maximum absolute atomic E-state index is 11.0. The van der Waals surface area contributed by atoms with E-state index < -0.39 is 0 Å². The van der Waals surface area contributed by atoms with Gasteiger partial charge in [0.2, 0.25) is 0 Å². The molecule has 0 aliphatic heterocycles. The van der Waals surface area contributed by atoms with E-state index in [0.29, 0.717) is 12.2 Å². The van der Waals surface area contributed by atoms with E-state index in [2.05, 4.69) is 6.58 Å². The third-order valence-corrected chi connectivity index (χ3v) is 1.56. The monoisotopic (exact) mass is 178 g/mol. The maximum atomic E-state index is 11.0. The number of carbonyl (C=O) groups is 1. The number of hydrogen-bond acceptors (Lipinski definition) is 2. The summed E-state index contributed by atoms with van der Waals surface area (Å²) in [5, 5.41) is 0. The van der Waals surface area contributed by atoms with Crippen LogP contribution >= 0.6 is 0 Å². The average Bonchev–Trinajstić information content (AvgIpc) is 2.15. The fraction of sp³-hybridized carbons (Fsp3) is 0.182. The molecule has 0 bridgehead atoms. The van der Waals surface area contributed by atoms with Crippen molar-refractivity contribution < 1.29 is 9.53 Å². The molecule has 13 heavy (non-hydrogen) atoms. The predicted molar refractivity (Wildman–Crippen MR) is 51.1 cm³/mol. The zero-order valence-corrected chi connectivity index (χ0v) is 7.62. The molecule has 68 valence electrons. The Balaban J connectivity index is 2.44. The van der Waals surface area contributed by atoms with Crippen LogP contribution in [0.2, 0.25) is 0 Å². The molecule has 0 atom stereocenters. The Bertz CT molecular complexity index is 301. The molecular weight excluding hydrogens is 166 g/mol. The molecule has 0 aliphatic carbocycles. The van der Waals surface area contributed by atoms with Crippen molar-refractivity contribution in [3.05, 3.63) is 48.0 Å².